The maximum atomic E-state index is 14.1. The number of aryl methyl sites for hydroxylation is 1. The molecule has 20 heavy (non-hydrogen) atoms. The second kappa shape index (κ2) is 5.78. The van der Waals surface area contributed by atoms with E-state index in [-0.39, 0.29) is 11.7 Å². The Morgan fingerprint density at radius 3 is 1.70 bits per heavy atom. The van der Waals surface area contributed by atoms with Crippen LogP contribution in [0.15, 0.2) is 36.4 Å². The maximum absolute atomic E-state index is 14.1. The van der Waals surface area contributed by atoms with Crippen LogP contribution in [-0.2, 0) is 0 Å². The first-order valence-electron chi connectivity index (χ1n) is 7.30. The fourth-order valence-electron chi connectivity index (χ4n) is 2.68. The molecule has 0 heterocycles. The van der Waals surface area contributed by atoms with E-state index in [0.717, 1.165) is 16.7 Å². The predicted octanol–water partition coefficient (Wildman–Crippen LogP) is 6.05. The van der Waals surface area contributed by atoms with Crippen LogP contribution in [0.3, 0.4) is 0 Å². The van der Waals surface area contributed by atoms with E-state index in [1.54, 1.807) is 6.07 Å². The van der Waals surface area contributed by atoms with E-state index >= 15 is 0 Å². The highest BCUT2D eigenvalue weighted by atomic mass is 19.1. The molecular weight excluding hydrogens is 247 g/mol. The highest BCUT2D eigenvalue weighted by Crippen LogP contribution is 2.28. The van der Waals surface area contributed by atoms with Crippen LogP contribution in [0, 0.1) is 12.7 Å². The van der Waals surface area contributed by atoms with Crippen molar-refractivity contribution >= 4 is 0 Å². The van der Waals surface area contributed by atoms with Crippen molar-refractivity contribution in [1.82, 2.24) is 0 Å². The molecule has 0 bridgehead atoms. The molecule has 2 aromatic rings. The van der Waals surface area contributed by atoms with Crippen molar-refractivity contribution in [1.29, 1.82) is 0 Å². The predicted molar refractivity (Wildman–Crippen MR) is 84.8 cm³/mol. The Hall–Kier alpha value is -1.63. The Bertz CT molecular complexity index is 554. The molecular formula is C19H23F. The van der Waals surface area contributed by atoms with Crippen molar-refractivity contribution in [2.75, 3.05) is 0 Å². The molecule has 0 aliphatic rings. The van der Waals surface area contributed by atoms with Crippen molar-refractivity contribution in [3.63, 3.8) is 0 Å². The number of hydrogen-bond donors (Lipinski definition) is 0. The van der Waals surface area contributed by atoms with E-state index in [9.17, 15) is 4.39 Å². The summed E-state index contributed by atoms with van der Waals surface area (Å²) in [6.45, 7) is 10.5. The average Bonchev–Trinajstić information content (AvgIpc) is 2.37. The summed E-state index contributed by atoms with van der Waals surface area (Å²) in [6, 6.07) is 12.0. The number of hydrogen-bond acceptors (Lipinski definition) is 0. The van der Waals surface area contributed by atoms with Gasteiger partial charge >= 0.3 is 0 Å². The van der Waals surface area contributed by atoms with Gasteiger partial charge in [0.15, 0.2) is 0 Å². The van der Waals surface area contributed by atoms with Gasteiger partial charge < -0.3 is 0 Å². The third-order valence-corrected chi connectivity index (χ3v) is 3.85. The molecule has 0 radical (unpaired) electrons. The van der Waals surface area contributed by atoms with Crippen LogP contribution in [0.2, 0.25) is 0 Å². The molecule has 0 saturated carbocycles. The zero-order chi connectivity index (χ0) is 14.9. The molecule has 1 heteroatoms. The third-order valence-electron chi connectivity index (χ3n) is 3.85. The van der Waals surface area contributed by atoms with Gasteiger partial charge in [-0.05, 0) is 52.6 Å². The lowest BCUT2D eigenvalue weighted by molar-refractivity contribution is 0.599. The van der Waals surface area contributed by atoms with Crippen molar-refractivity contribution in [3.8, 4) is 11.1 Å². The molecule has 0 unspecified atom stereocenters. The van der Waals surface area contributed by atoms with Gasteiger partial charge in [-0.1, -0.05) is 58.0 Å². The summed E-state index contributed by atoms with van der Waals surface area (Å²) < 4.78 is 14.1. The number of halogens is 1. The van der Waals surface area contributed by atoms with Gasteiger partial charge in [0, 0.05) is 0 Å². The van der Waals surface area contributed by atoms with E-state index in [4.69, 9.17) is 0 Å². The molecule has 0 amide bonds. The highest BCUT2D eigenvalue weighted by Gasteiger charge is 2.10. The molecule has 0 atom stereocenters. The lowest BCUT2D eigenvalue weighted by atomic mass is 9.93. The zero-order valence-electron chi connectivity index (χ0n) is 13.0. The molecule has 0 aliphatic heterocycles. The monoisotopic (exact) mass is 270 g/mol. The summed E-state index contributed by atoms with van der Waals surface area (Å²) in [4.78, 5) is 0. The summed E-state index contributed by atoms with van der Waals surface area (Å²) in [6.07, 6.45) is 0. The molecule has 2 rings (SSSR count). The average molecular weight is 270 g/mol. The SMILES string of the molecule is Cc1cc(-c2ccc(C(C)C)c(F)c2)ccc1C(C)C. The van der Waals surface area contributed by atoms with Crippen LogP contribution in [-0.4, -0.2) is 0 Å². The number of benzene rings is 2. The van der Waals surface area contributed by atoms with Gasteiger partial charge in [-0.25, -0.2) is 4.39 Å². The second-order valence-electron chi connectivity index (χ2n) is 6.12. The first kappa shape index (κ1) is 14.8. The lowest BCUT2D eigenvalue weighted by Gasteiger charge is -2.13. The Balaban J connectivity index is 2.42. The minimum absolute atomic E-state index is 0.108. The molecule has 0 aliphatic carbocycles. The Labute approximate surface area is 121 Å². The Morgan fingerprint density at radius 1 is 0.750 bits per heavy atom. The number of rotatable bonds is 3. The molecule has 2 aromatic carbocycles. The van der Waals surface area contributed by atoms with Gasteiger partial charge in [0.2, 0.25) is 0 Å². The highest BCUT2D eigenvalue weighted by molar-refractivity contribution is 5.65. The van der Waals surface area contributed by atoms with E-state index < -0.39 is 0 Å². The van der Waals surface area contributed by atoms with Crippen LogP contribution in [0.1, 0.15) is 56.2 Å². The third kappa shape index (κ3) is 2.92. The smallest absolute Gasteiger partial charge is 0.127 e. The largest absolute Gasteiger partial charge is 0.207 e. The van der Waals surface area contributed by atoms with Crippen molar-refractivity contribution < 1.29 is 4.39 Å². The van der Waals surface area contributed by atoms with E-state index in [1.807, 2.05) is 26.0 Å². The summed E-state index contributed by atoms with van der Waals surface area (Å²) in [7, 11) is 0. The van der Waals surface area contributed by atoms with E-state index in [1.165, 1.54) is 11.1 Å². The fourth-order valence-corrected chi connectivity index (χ4v) is 2.68. The van der Waals surface area contributed by atoms with E-state index in [0.29, 0.717) is 5.92 Å². The molecule has 0 fully saturated rings. The van der Waals surface area contributed by atoms with Crippen LogP contribution < -0.4 is 0 Å². The Morgan fingerprint density at radius 2 is 1.25 bits per heavy atom. The lowest BCUT2D eigenvalue weighted by Crippen LogP contribution is -1.95. The molecule has 0 spiro atoms. The topological polar surface area (TPSA) is 0 Å². The molecule has 0 N–H and O–H groups in total. The van der Waals surface area contributed by atoms with Gasteiger partial charge in [0.1, 0.15) is 5.82 Å². The standard InChI is InChI=1S/C19H23F/c1-12(2)17-8-6-15(10-14(17)5)16-7-9-18(13(3)4)19(20)11-16/h6-13H,1-5H3. The van der Waals surface area contributed by atoms with Crippen LogP contribution in [0.25, 0.3) is 11.1 Å². The zero-order valence-corrected chi connectivity index (χ0v) is 13.0. The summed E-state index contributed by atoms with van der Waals surface area (Å²) in [5, 5.41) is 0. The summed E-state index contributed by atoms with van der Waals surface area (Å²) >= 11 is 0. The Kier molecular flexibility index (Phi) is 4.27. The van der Waals surface area contributed by atoms with Gasteiger partial charge in [-0.3, -0.25) is 0 Å². The van der Waals surface area contributed by atoms with Crippen LogP contribution in [0.4, 0.5) is 4.39 Å². The first-order valence-corrected chi connectivity index (χ1v) is 7.30. The van der Waals surface area contributed by atoms with Crippen molar-refractivity contribution in [3.05, 3.63) is 58.9 Å². The minimum atomic E-state index is -0.108. The van der Waals surface area contributed by atoms with Crippen molar-refractivity contribution in [2.45, 2.75) is 46.5 Å². The summed E-state index contributed by atoms with van der Waals surface area (Å²) in [5.74, 6) is 0.626. The quantitative estimate of drug-likeness (QED) is 0.637. The van der Waals surface area contributed by atoms with Crippen LogP contribution >= 0.6 is 0 Å². The molecule has 106 valence electrons. The summed E-state index contributed by atoms with van der Waals surface area (Å²) in [5.41, 5.74) is 5.44. The molecule has 0 aromatic heterocycles. The first-order chi connectivity index (χ1) is 9.40. The van der Waals surface area contributed by atoms with Crippen LogP contribution in [0.5, 0.6) is 0 Å². The van der Waals surface area contributed by atoms with Gasteiger partial charge in [-0.15, -0.1) is 0 Å². The van der Waals surface area contributed by atoms with Gasteiger partial charge in [-0.2, -0.15) is 0 Å². The van der Waals surface area contributed by atoms with Crippen molar-refractivity contribution in [2.24, 2.45) is 0 Å². The van der Waals surface area contributed by atoms with Gasteiger partial charge in [0.05, 0.1) is 0 Å². The maximum Gasteiger partial charge on any atom is 0.127 e. The second-order valence-corrected chi connectivity index (χ2v) is 6.12. The minimum Gasteiger partial charge on any atom is -0.207 e. The molecule has 0 saturated heterocycles. The normalized spacial score (nSPS) is 11.4. The van der Waals surface area contributed by atoms with E-state index in [2.05, 4.69) is 39.0 Å². The fraction of sp³-hybridized carbons (Fsp3) is 0.368. The molecule has 0 nitrogen and oxygen atoms in total. The van der Waals surface area contributed by atoms with Gasteiger partial charge in [0.25, 0.3) is 0 Å².